The lowest BCUT2D eigenvalue weighted by atomic mass is 10.1. The fraction of sp³-hybridized carbons (Fsp3) is 0.188. The minimum atomic E-state index is -0.522. The van der Waals surface area contributed by atoms with Crippen LogP contribution >= 0.6 is 0 Å². The SMILES string of the molecule is CCOc1ccc(NC(=O)c2ccc(C)cc2N)cc1F. The van der Waals surface area contributed by atoms with Crippen molar-refractivity contribution in [2.45, 2.75) is 13.8 Å². The second-order valence-electron chi connectivity index (χ2n) is 4.62. The Kier molecular flexibility index (Phi) is 4.42. The number of anilines is 2. The van der Waals surface area contributed by atoms with Crippen LogP contribution in [0.4, 0.5) is 15.8 Å². The van der Waals surface area contributed by atoms with E-state index in [0.717, 1.165) is 5.56 Å². The standard InChI is InChI=1S/C16H17FN2O2/c1-3-21-15-7-5-11(9-13(15)17)19-16(20)12-6-4-10(2)8-14(12)18/h4-9H,3,18H2,1-2H3,(H,19,20). The van der Waals surface area contributed by atoms with Gasteiger partial charge in [0.25, 0.3) is 5.91 Å². The first-order valence-corrected chi connectivity index (χ1v) is 6.61. The van der Waals surface area contributed by atoms with Crippen molar-refractivity contribution in [2.75, 3.05) is 17.7 Å². The molecule has 0 aliphatic heterocycles. The maximum atomic E-state index is 13.7. The number of hydrogen-bond donors (Lipinski definition) is 2. The number of ether oxygens (including phenoxy) is 1. The van der Waals surface area contributed by atoms with Gasteiger partial charge >= 0.3 is 0 Å². The lowest BCUT2D eigenvalue weighted by molar-refractivity contribution is 0.102. The van der Waals surface area contributed by atoms with Gasteiger partial charge in [-0.05, 0) is 43.7 Å². The maximum absolute atomic E-state index is 13.7. The third-order valence-electron chi connectivity index (χ3n) is 2.94. The number of aryl methyl sites for hydroxylation is 1. The molecular weight excluding hydrogens is 271 g/mol. The molecule has 4 nitrogen and oxygen atoms in total. The predicted molar refractivity (Wildman–Crippen MR) is 81.1 cm³/mol. The molecule has 2 aromatic carbocycles. The topological polar surface area (TPSA) is 64.3 Å². The zero-order valence-electron chi connectivity index (χ0n) is 11.9. The lowest BCUT2D eigenvalue weighted by Gasteiger charge is -2.10. The molecule has 0 aliphatic rings. The number of rotatable bonds is 4. The summed E-state index contributed by atoms with van der Waals surface area (Å²) in [6.45, 7) is 4.04. The van der Waals surface area contributed by atoms with Gasteiger partial charge in [-0.25, -0.2) is 4.39 Å². The first-order valence-electron chi connectivity index (χ1n) is 6.61. The summed E-state index contributed by atoms with van der Waals surface area (Å²) in [5, 5.41) is 2.61. The number of hydrogen-bond acceptors (Lipinski definition) is 3. The number of nitrogens with one attached hydrogen (secondary N) is 1. The molecule has 0 spiro atoms. The summed E-state index contributed by atoms with van der Waals surface area (Å²) in [5.74, 6) is -0.743. The molecule has 0 saturated carbocycles. The van der Waals surface area contributed by atoms with Crippen LogP contribution in [0, 0.1) is 12.7 Å². The van der Waals surface area contributed by atoms with E-state index in [-0.39, 0.29) is 11.7 Å². The van der Waals surface area contributed by atoms with E-state index in [9.17, 15) is 9.18 Å². The highest BCUT2D eigenvalue weighted by Crippen LogP contribution is 2.22. The Hall–Kier alpha value is -2.56. The summed E-state index contributed by atoms with van der Waals surface area (Å²) in [5.41, 5.74) is 7.88. The Bertz CT molecular complexity index is 671. The fourth-order valence-electron chi connectivity index (χ4n) is 1.94. The molecular formula is C16H17FN2O2. The second-order valence-corrected chi connectivity index (χ2v) is 4.62. The van der Waals surface area contributed by atoms with Gasteiger partial charge in [0.2, 0.25) is 0 Å². The van der Waals surface area contributed by atoms with Crippen molar-refractivity contribution >= 4 is 17.3 Å². The monoisotopic (exact) mass is 288 g/mol. The van der Waals surface area contributed by atoms with Crippen LogP contribution in [0.5, 0.6) is 5.75 Å². The molecule has 2 aromatic rings. The molecule has 0 atom stereocenters. The highest BCUT2D eigenvalue weighted by atomic mass is 19.1. The molecule has 0 unspecified atom stereocenters. The van der Waals surface area contributed by atoms with Gasteiger partial charge in [0.05, 0.1) is 12.2 Å². The fourth-order valence-corrected chi connectivity index (χ4v) is 1.94. The summed E-state index contributed by atoms with van der Waals surface area (Å²) in [6.07, 6.45) is 0. The summed E-state index contributed by atoms with van der Waals surface area (Å²) in [4.78, 5) is 12.1. The van der Waals surface area contributed by atoms with Gasteiger partial charge in [0.1, 0.15) is 0 Å². The number of carbonyl (C=O) groups excluding carboxylic acids is 1. The molecule has 5 heteroatoms. The highest BCUT2D eigenvalue weighted by Gasteiger charge is 2.11. The number of benzene rings is 2. The summed E-state index contributed by atoms with van der Waals surface area (Å²) in [7, 11) is 0. The Labute approximate surface area is 122 Å². The smallest absolute Gasteiger partial charge is 0.257 e. The van der Waals surface area contributed by atoms with Crippen LogP contribution in [0.25, 0.3) is 0 Å². The van der Waals surface area contributed by atoms with E-state index in [4.69, 9.17) is 10.5 Å². The zero-order chi connectivity index (χ0) is 15.4. The third kappa shape index (κ3) is 3.51. The largest absolute Gasteiger partial charge is 0.491 e. The van der Waals surface area contributed by atoms with Gasteiger partial charge in [-0.15, -0.1) is 0 Å². The minimum Gasteiger partial charge on any atom is -0.491 e. The van der Waals surface area contributed by atoms with E-state index < -0.39 is 5.82 Å². The Morgan fingerprint density at radius 1 is 1.29 bits per heavy atom. The molecule has 1 amide bonds. The number of amides is 1. The summed E-state index contributed by atoms with van der Waals surface area (Å²) >= 11 is 0. The van der Waals surface area contributed by atoms with E-state index in [0.29, 0.717) is 23.5 Å². The molecule has 0 aromatic heterocycles. The molecule has 0 radical (unpaired) electrons. The van der Waals surface area contributed by atoms with Gasteiger partial charge < -0.3 is 15.8 Å². The number of halogens is 1. The molecule has 3 N–H and O–H groups in total. The average molecular weight is 288 g/mol. The van der Waals surface area contributed by atoms with Crippen LogP contribution in [0.2, 0.25) is 0 Å². The zero-order valence-corrected chi connectivity index (χ0v) is 11.9. The third-order valence-corrected chi connectivity index (χ3v) is 2.94. The van der Waals surface area contributed by atoms with Crippen molar-refractivity contribution in [1.82, 2.24) is 0 Å². The molecule has 0 bridgehead atoms. The van der Waals surface area contributed by atoms with Gasteiger partial charge in [0.15, 0.2) is 11.6 Å². The maximum Gasteiger partial charge on any atom is 0.257 e. The van der Waals surface area contributed by atoms with Crippen LogP contribution in [0.15, 0.2) is 36.4 Å². The van der Waals surface area contributed by atoms with Gasteiger partial charge in [-0.3, -0.25) is 4.79 Å². The van der Waals surface area contributed by atoms with E-state index in [2.05, 4.69) is 5.32 Å². The lowest BCUT2D eigenvalue weighted by Crippen LogP contribution is -2.14. The number of carbonyl (C=O) groups is 1. The molecule has 0 saturated heterocycles. The van der Waals surface area contributed by atoms with E-state index in [1.165, 1.54) is 12.1 Å². The van der Waals surface area contributed by atoms with Crippen LogP contribution in [-0.4, -0.2) is 12.5 Å². The van der Waals surface area contributed by atoms with E-state index >= 15 is 0 Å². The van der Waals surface area contributed by atoms with Gasteiger partial charge in [-0.1, -0.05) is 6.07 Å². The van der Waals surface area contributed by atoms with Crippen molar-refractivity contribution in [2.24, 2.45) is 0 Å². The molecule has 2 rings (SSSR count). The normalized spacial score (nSPS) is 10.2. The van der Waals surface area contributed by atoms with Crippen molar-refractivity contribution in [3.8, 4) is 5.75 Å². The van der Waals surface area contributed by atoms with Gasteiger partial charge in [0, 0.05) is 17.4 Å². The van der Waals surface area contributed by atoms with Crippen LogP contribution in [-0.2, 0) is 0 Å². The average Bonchev–Trinajstić information content (AvgIpc) is 2.41. The first kappa shape index (κ1) is 14.8. The molecule has 21 heavy (non-hydrogen) atoms. The Morgan fingerprint density at radius 2 is 2.05 bits per heavy atom. The van der Waals surface area contributed by atoms with Crippen molar-refractivity contribution < 1.29 is 13.9 Å². The summed E-state index contributed by atoms with van der Waals surface area (Å²) < 4.78 is 18.8. The predicted octanol–water partition coefficient (Wildman–Crippen LogP) is 3.37. The molecule has 0 aliphatic carbocycles. The minimum absolute atomic E-state index is 0.158. The number of nitrogen functional groups attached to an aromatic ring is 1. The Balaban J connectivity index is 2.17. The van der Waals surface area contributed by atoms with Crippen molar-refractivity contribution in [1.29, 1.82) is 0 Å². The highest BCUT2D eigenvalue weighted by molar-refractivity contribution is 6.07. The van der Waals surface area contributed by atoms with E-state index in [1.807, 2.05) is 6.92 Å². The molecule has 0 heterocycles. The van der Waals surface area contributed by atoms with Crippen LogP contribution in [0.1, 0.15) is 22.8 Å². The quantitative estimate of drug-likeness (QED) is 0.848. The second kappa shape index (κ2) is 6.26. The van der Waals surface area contributed by atoms with Crippen LogP contribution in [0.3, 0.4) is 0 Å². The number of nitrogens with two attached hydrogens (primary N) is 1. The summed E-state index contributed by atoms with van der Waals surface area (Å²) in [6, 6.07) is 9.43. The van der Waals surface area contributed by atoms with Crippen molar-refractivity contribution in [3.63, 3.8) is 0 Å². The van der Waals surface area contributed by atoms with Crippen molar-refractivity contribution in [3.05, 3.63) is 53.3 Å². The molecule has 0 fully saturated rings. The van der Waals surface area contributed by atoms with E-state index in [1.54, 1.807) is 31.2 Å². The first-order chi connectivity index (χ1) is 10.0. The molecule has 110 valence electrons. The Morgan fingerprint density at radius 3 is 2.67 bits per heavy atom. The van der Waals surface area contributed by atoms with Crippen LogP contribution < -0.4 is 15.8 Å². The van der Waals surface area contributed by atoms with Gasteiger partial charge in [-0.2, -0.15) is 0 Å².